The predicted molar refractivity (Wildman–Crippen MR) is 184 cm³/mol. The number of aryl methyl sites for hydroxylation is 1. The monoisotopic (exact) mass is 562 g/mol. The largest absolute Gasteiger partial charge is 0.456 e. The van der Waals surface area contributed by atoms with Gasteiger partial charge in [0.05, 0.1) is 0 Å². The molecule has 0 unspecified atom stereocenters. The number of rotatable bonds is 2. The second-order valence-electron chi connectivity index (χ2n) is 11.9. The molecule has 1 aliphatic carbocycles. The van der Waals surface area contributed by atoms with E-state index < -0.39 is 0 Å². The van der Waals surface area contributed by atoms with Crippen molar-refractivity contribution in [1.82, 2.24) is 0 Å². The van der Waals surface area contributed by atoms with E-state index in [1.165, 1.54) is 54.9 Å². The zero-order chi connectivity index (χ0) is 28.8. The first-order valence-corrected chi connectivity index (χ1v) is 15.3. The molecule has 0 aliphatic heterocycles. The molecule has 0 atom stereocenters. The van der Waals surface area contributed by atoms with Gasteiger partial charge in [-0.3, -0.25) is 0 Å². The van der Waals surface area contributed by atoms with Crippen LogP contribution in [0.1, 0.15) is 17.5 Å². The summed E-state index contributed by atoms with van der Waals surface area (Å²) in [5.74, 6) is 0. The third-order valence-corrected chi connectivity index (χ3v) is 9.50. The minimum atomic E-state index is 0.878. The van der Waals surface area contributed by atoms with Crippen molar-refractivity contribution in [3.05, 3.63) is 139 Å². The Morgan fingerprint density at radius 2 is 0.955 bits per heavy atom. The van der Waals surface area contributed by atoms with Gasteiger partial charge in [-0.1, -0.05) is 103 Å². The quantitative estimate of drug-likeness (QED) is 0.196. The second kappa shape index (κ2) is 8.95. The van der Waals surface area contributed by atoms with Gasteiger partial charge in [0.15, 0.2) is 0 Å². The molecular formula is C42H26O2. The average Bonchev–Trinajstić information content (AvgIpc) is 3.64. The van der Waals surface area contributed by atoms with Crippen molar-refractivity contribution in [2.75, 3.05) is 0 Å². The fourth-order valence-electron chi connectivity index (χ4n) is 7.58. The lowest BCUT2D eigenvalue weighted by Crippen LogP contribution is -1.96. The van der Waals surface area contributed by atoms with Crippen molar-refractivity contribution in [2.24, 2.45) is 0 Å². The summed E-state index contributed by atoms with van der Waals surface area (Å²) in [6.07, 6.45) is 6.73. The van der Waals surface area contributed by atoms with Crippen LogP contribution >= 0.6 is 0 Å². The fraction of sp³-hybridized carbons (Fsp3) is 0.0476. The Bertz CT molecular complexity index is 2610. The highest BCUT2D eigenvalue weighted by molar-refractivity contribution is 6.27. The highest BCUT2D eigenvalue weighted by atomic mass is 16.3. The Hall–Kier alpha value is -5.60. The number of para-hydroxylation sites is 1. The Morgan fingerprint density at radius 3 is 1.64 bits per heavy atom. The summed E-state index contributed by atoms with van der Waals surface area (Å²) < 4.78 is 12.7. The number of fused-ring (bicyclic) bond motifs is 10. The number of hydrogen-bond acceptors (Lipinski definition) is 2. The lowest BCUT2D eigenvalue weighted by molar-refractivity contribution is 0.663. The van der Waals surface area contributed by atoms with Crippen molar-refractivity contribution in [2.45, 2.75) is 12.8 Å². The second-order valence-corrected chi connectivity index (χ2v) is 11.9. The molecule has 0 bridgehead atoms. The zero-order valence-electron chi connectivity index (χ0n) is 23.9. The molecule has 2 nitrogen and oxygen atoms in total. The molecule has 0 radical (unpaired) electrons. The Balaban J connectivity index is 1.29. The maximum atomic E-state index is 6.42. The van der Waals surface area contributed by atoms with E-state index in [4.69, 9.17) is 8.83 Å². The number of benzene rings is 7. The first-order valence-electron chi connectivity index (χ1n) is 15.3. The van der Waals surface area contributed by atoms with Gasteiger partial charge in [0, 0.05) is 21.5 Å². The Kier molecular flexibility index (Phi) is 4.86. The molecule has 0 saturated carbocycles. The van der Waals surface area contributed by atoms with E-state index in [9.17, 15) is 0 Å². The molecule has 2 heterocycles. The van der Waals surface area contributed by atoms with Crippen LogP contribution in [0.3, 0.4) is 0 Å². The molecule has 1 aliphatic rings. The summed E-state index contributed by atoms with van der Waals surface area (Å²) in [7, 11) is 0. The highest BCUT2D eigenvalue weighted by Gasteiger charge is 2.20. The van der Waals surface area contributed by atoms with Gasteiger partial charge >= 0.3 is 0 Å². The molecule has 0 spiro atoms. The van der Waals surface area contributed by atoms with Crippen molar-refractivity contribution in [3.63, 3.8) is 0 Å². The van der Waals surface area contributed by atoms with E-state index >= 15 is 0 Å². The van der Waals surface area contributed by atoms with Crippen LogP contribution < -0.4 is 0 Å². The molecule has 7 aromatic carbocycles. The normalized spacial score (nSPS) is 13.2. The van der Waals surface area contributed by atoms with Gasteiger partial charge in [0.25, 0.3) is 0 Å². The van der Waals surface area contributed by atoms with Gasteiger partial charge in [-0.05, 0) is 98.1 Å². The molecule has 0 N–H and O–H groups in total. The van der Waals surface area contributed by atoms with Crippen LogP contribution in [0, 0.1) is 0 Å². The Morgan fingerprint density at radius 1 is 0.432 bits per heavy atom. The van der Waals surface area contributed by atoms with E-state index in [0.29, 0.717) is 0 Å². The van der Waals surface area contributed by atoms with Gasteiger partial charge in [-0.15, -0.1) is 0 Å². The summed E-state index contributed by atoms with van der Waals surface area (Å²) >= 11 is 0. The molecule has 9 aromatic rings. The lowest BCUT2D eigenvalue weighted by atomic mass is 9.84. The van der Waals surface area contributed by atoms with E-state index in [0.717, 1.165) is 56.7 Å². The van der Waals surface area contributed by atoms with Gasteiger partial charge < -0.3 is 8.83 Å². The summed E-state index contributed by atoms with van der Waals surface area (Å²) in [6.45, 7) is 0. The summed E-state index contributed by atoms with van der Waals surface area (Å²) in [6, 6.07) is 43.8. The Labute approximate surface area is 253 Å². The molecule has 0 amide bonds. The van der Waals surface area contributed by atoms with Crippen LogP contribution in [0.25, 0.3) is 93.8 Å². The van der Waals surface area contributed by atoms with Crippen LogP contribution in [0.2, 0.25) is 0 Å². The van der Waals surface area contributed by atoms with Crippen LogP contribution in [-0.4, -0.2) is 0 Å². The number of furan rings is 2. The summed E-state index contributed by atoms with van der Waals surface area (Å²) in [5.41, 5.74) is 11.3. The van der Waals surface area contributed by atoms with Crippen LogP contribution in [0.15, 0.2) is 136 Å². The van der Waals surface area contributed by atoms with E-state index in [1.807, 2.05) is 24.3 Å². The van der Waals surface area contributed by atoms with Crippen molar-refractivity contribution in [1.29, 1.82) is 0 Å². The predicted octanol–water partition coefficient (Wildman–Crippen LogP) is 12.1. The summed E-state index contributed by atoms with van der Waals surface area (Å²) in [4.78, 5) is 0. The first-order chi connectivity index (χ1) is 21.8. The topological polar surface area (TPSA) is 26.3 Å². The van der Waals surface area contributed by atoms with Gasteiger partial charge in [-0.25, -0.2) is 0 Å². The zero-order valence-corrected chi connectivity index (χ0v) is 23.9. The first kappa shape index (κ1) is 23.9. The van der Waals surface area contributed by atoms with Crippen LogP contribution in [0.4, 0.5) is 0 Å². The van der Waals surface area contributed by atoms with Crippen LogP contribution in [0.5, 0.6) is 0 Å². The number of allylic oxidation sites excluding steroid dienone is 1. The molecule has 0 saturated heterocycles. The third kappa shape index (κ3) is 3.31. The maximum absolute atomic E-state index is 6.42. The lowest BCUT2D eigenvalue weighted by Gasteiger charge is -2.19. The summed E-state index contributed by atoms with van der Waals surface area (Å²) in [5, 5.41) is 9.49. The number of hydrogen-bond donors (Lipinski definition) is 0. The van der Waals surface area contributed by atoms with E-state index in [2.05, 4.69) is 109 Å². The highest BCUT2D eigenvalue weighted by Crippen LogP contribution is 2.46. The SMILES string of the molecule is C1=Cc2ccc(-c3c4ccccc4c(-c4ccc5oc6ccc7oc8ccccc8c7c6c5c4)c4ccccc34)cc2CC1. The minimum absolute atomic E-state index is 0.878. The van der Waals surface area contributed by atoms with Crippen LogP contribution in [-0.2, 0) is 6.42 Å². The minimum Gasteiger partial charge on any atom is -0.456 e. The van der Waals surface area contributed by atoms with Crippen molar-refractivity contribution >= 4 is 71.5 Å². The molecule has 2 aromatic heterocycles. The standard InChI is InChI=1S/C42H26O2/c1-2-10-26-23-27(18-17-25(26)9-1)39-29-11-3-5-13-31(29)40(32-14-6-4-12-30(32)39)28-19-20-36-34(24-28)42-38(44-36)22-21-37-41(42)33-15-7-8-16-35(33)43-37/h1,3-9,11-24H,2,10H2. The molecule has 206 valence electrons. The van der Waals surface area contributed by atoms with Gasteiger partial charge in [0.1, 0.15) is 22.3 Å². The molecular weight excluding hydrogens is 536 g/mol. The smallest absolute Gasteiger partial charge is 0.136 e. The van der Waals surface area contributed by atoms with Gasteiger partial charge in [-0.2, -0.15) is 0 Å². The molecule has 2 heteroatoms. The van der Waals surface area contributed by atoms with E-state index in [1.54, 1.807) is 0 Å². The molecule has 10 rings (SSSR count). The van der Waals surface area contributed by atoms with E-state index in [-0.39, 0.29) is 0 Å². The fourth-order valence-corrected chi connectivity index (χ4v) is 7.58. The average molecular weight is 563 g/mol. The van der Waals surface area contributed by atoms with Crippen molar-refractivity contribution in [3.8, 4) is 22.3 Å². The molecule has 44 heavy (non-hydrogen) atoms. The van der Waals surface area contributed by atoms with Crippen molar-refractivity contribution < 1.29 is 8.83 Å². The van der Waals surface area contributed by atoms with Gasteiger partial charge in [0.2, 0.25) is 0 Å². The third-order valence-electron chi connectivity index (χ3n) is 9.50. The molecule has 0 fully saturated rings. The maximum Gasteiger partial charge on any atom is 0.136 e.